The second-order valence-electron chi connectivity index (χ2n) is 11.3. The van der Waals surface area contributed by atoms with Gasteiger partial charge in [0.25, 0.3) is 0 Å². The minimum absolute atomic E-state index is 0.0368. The first-order valence-corrected chi connectivity index (χ1v) is 13.4. The number of likely N-dealkylation sites (tertiary alicyclic amines) is 1. The van der Waals surface area contributed by atoms with Gasteiger partial charge in [-0.05, 0) is 63.4 Å². The molecule has 36 heavy (non-hydrogen) atoms. The van der Waals surface area contributed by atoms with Crippen LogP contribution in [-0.2, 0) is 22.0 Å². The number of amides is 1. The van der Waals surface area contributed by atoms with E-state index in [4.69, 9.17) is 9.47 Å². The maximum atomic E-state index is 12.8. The van der Waals surface area contributed by atoms with Crippen LogP contribution < -0.4 is 4.74 Å². The smallest absolute Gasteiger partial charge is 0.236 e. The van der Waals surface area contributed by atoms with E-state index >= 15 is 0 Å². The van der Waals surface area contributed by atoms with Crippen LogP contribution in [0.4, 0.5) is 0 Å². The number of aliphatic hydroxyl groups is 1. The summed E-state index contributed by atoms with van der Waals surface area (Å²) < 4.78 is 13.5. The summed E-state index contributed by atoms with van der Waals surface area (Å²) >= 11 is 0. The molecule has 1 amide bonds. The van der Waals surface area contributed by atoms with E-state index in [1.807, 2.05) is 23.9 Å². The number of aromatic nitrogens is 1. The molecule has 0 bridgehead atoms. The predicted molar refractivity (Wildman–Crippen MR) is 140 cm³/mol. The molecule has 0 saturated carbocycles. The van der Waals surface area contributed by atoms with Gasteiger partial charge >= 0.3 is 0 Å². The topological polar surface area (TPSA) is 70.4 Å². The predicted octanol–water partition coefficient (Wildman–Crippen LogP) is 2.38. The number of benzene rings is 1. The number of hydrogen-bond acceptors (Lipinski definition) is 6. The Balaban J connectivity index is 1.55. The third kappa shape index (κ3) is 4.53. The number of carbonyl (C=O) groups excluding carboxylic acids is 1. The summed E-state index contributed by atoms with van der Waals surface area (Å²) in [5.74, 6) is 1.64. The zero-order valence-electron chi connectivity index (χ0n) is 22.3. The zero-order chi connectivity index (χ0) is 25.4. The van der Waals surface area contributed by atoms with Gasteiger partial charge in [-0.1, -0.05) is 0 Å². The number of hydrogen-bond donors (Lipinski definition) is 1. The number of piperidine rings is 1. The van der Waals surface area contributed by atoms with E-state index in [9.17, 15) is 9.90 Å². The van der Waals surface area contributed by atoms with Crippen LogP contribution in [0.15, 0.2) is 18.2 Å². The van der Waals surface area contributed by atoms with Gasteiger partial charge in [0, 0.05) is 69.0 Å². The van der Waals surface area contributed by atoms with Gasteiger partial charge < -0.3 is 28.9 Å². The van der Waals surface area contributed by atoms with E-state index in [1.54, 1.807) is 7.11 Å². The summed E-state index contributed by atoms with van der Waals surface area (Å²) in [7, 11) is 7.73. The number of fused-ring (bicyclic) bond motifs is 4. The van der Waals surface area contributed by atoms with Crippen LogP contribution >= 0.6 is 0 Å². The fourth-order valence-corrected chi connectivity index (χ4v) is 6.88. The van der Waals surface area contributed by atoms with Crippen molar-refractivity contribution in [2.75, 3.05) is 73.7 Å². The highest BCUT2D eigenvalue weighted by Gasteiger charge is 2.48. The van der Waals surface area contributed by atoms with Crippen molar-refractivity contribution in [3.8, 4) is 5.75 Å². The van der Waals surface area contributed by atoms with Crippen molar-refractivity contribution in [1.29, 1.82) is 0 Å². The number of nitrogens with zero attached hydrogens (tertiary/aromatic N) is 4. The maximum Gasteiger partial charge on any atom is 0.236 e. The monoisotopic (exact) mass is 498 g/mol. The van der Waals surface area contributed by atoms with E-state index in [2.05, 4.69) is 34.7 Å². The van der Waals surface area contributed by atoms with E-state index in [1.165, 1.54) is 16.6 Å². The lowest BCUT2D eigenvalue weighted by molar-refractivity contribution is -0.133. The Bertz CT molecular complexity index is 1080. The normalized spacial score (nSPS) is 22.9. The largest absolute Gasteiger partial charge is 0.497 e. The maximum absolute atomic E-state index is 12.8. The summed E-state index contributed by atoms with van der Waals surface area (Å²) in [6.07, 6.45) is 4.03. The van der Waals surface area contributed by atoms with E-state index in [0.29, 0.717) is 12.5 Å². The molecule has 2 aromatic rings. The molecular weight excluding hydrogens is 456 g/mol. The molecule has 1 aromatic heterocycles. The lowest BCUT2D eigenvalue weighted by atomic mass is 9.68. The standard InChI is InChI=1S/C28H42N4O4/c1-29(2)17-25(34)31-11-9-28(10-12-31)19-32(16-20-7-13-36-14-8-20)24(18-33)27-26(28)22-6-5-21(35-4)15-23(22)30(27)3/h5-6,15,20,24,33H,7-14,16-19H2,1-4H3/t24-/m0/s1. The molecule has 3 aliphatic heterocycles. The van der Waals surface area contributed by atoms with Crippen molar-refractivity contribution >= 4 is 16.8 Å². The SMILES string of the molecule is COc1ccc2c3c(n(C)c2c1)[C@H](CO)N(CC1CCOCC1)CC31CCN(C(=O)CN(C)C)CC1. The molecule has 2 fully saturated rings. The van der Waals surface area contributed by atoms with Crippen LogP contribution in [0.2, 0.25) is 0 Å². The van der Waals surface area contributed by atoms with Gasteiger partial charge in [0.05, 0.1) is 31.8 Å². The minimum atomic E-state index is -0.0465. The molecule has 3 aliphatic rings. The molecule has 0 aliphatic carbocycles. The van der Waals surface area contributed by atoms with Gasteiger partial charge in [0.2, 0.25) is 5.91 Å². The first kappa shape index (κ1) is 25.5. The van der Waals surface area contributed by atoms with Crippen molar-refractivity contribution in [1.82, 2.24) is 19.3 Å². The van der Waals surface area contributed by atoms with Crippen LogP contribution in [0.25, 0.3) is 10.9 Å². The Morgan fingerprint density at radius 2 is 1.94 bits per heavy atom. The molecule has 8 nitrogen and oxygen atoms in total. The Hall–Kier alpha value is -2.13. The Labute approximate surface area is 214 Å². The highest BCUT2D eigenvalue weighted by molar-refractivity contribution is 5.89. The number of methoxy groups -OCH3 is 1. The molecule has 198 valence electrons. The number of carbonyl (C=O) groups is 1. The van der Waals surface area contributed by atoms with E-state index in [-0.39, 0.29) is 24.0 Å². The van der Waals surface area contributed by atoms with E-state index in [0.717, 1.165) is 76.3 Å². The number of aryl methyl sites for hydroxylation is 1. The minimum Gasteiger partial charge on any atom is -0.497 e. The Kier molecular flexibility index (Phi) is 7.32. The third-order valence-corrected chi connectivity index (χ3v) is 8.78. The third-order valence-electron chi connectivity index (χ3n) is 8.78. The van der Waals surface area contributed by atoms with Crippen molar-refractivity contribution in [3.63, 3.8) is 0 Å². The second kappa shape index (κ2) is 10.3. The Morgan fingerprint density at radius 1 is 1.22 bits per heavy atom. The number of aliphatic hydroxyl groups excluding tert-OH is 1. The fraction of sp³-hybridized carbons (Fsp3) is 0.679. The highest BCUT2D eigenvalue weighted by Crippen LogP contribution is 2.50. The molecule has 0 radical (unpaired) electrons. The second-order valence-corrected chi connectivity index (χ2v) is 11.3. The van der Waals surface area contributed by atoms with Crippen LogP contribution in [-0.4, -0.2) is 104 Å². The van der Waals surface area contributed by atoms with Gasteiger partial charge in [0.1, 0.15) is 5.75 Å². The number of likely N-dealkylation sites (N-methyl/N-ethyl adjacent to an activating group) is 1. The Morgan fingerprint density at radius 3 is 2.58 bits per heavy atom. The molecular formula is C28H42N4O4. The first-order valence-electron chi connectivity index (χ1n) is 13.4. The van der Waals surface area contributed by atoms with Crippen molar-refractivity contribution in [2.24, 2.45) is 13.0 Å². The van der Waals surface area contributed by atoms with Crippen LogP contribution in [0.5, 0.6) is 5.75 Å². The summed E-state index contributed by atoms with van der Waals surface area (Å²) in [5.41, 5.74) is 3.71. The number of rotatable bonds is 6. The van der Waals surface area contributed by atoms with Gasteiger partial charge in [-0.15, -0.1) is 0 Å². The molecule has 8 heteroatoms. The van der Waals surface area contributed by atoms with Gasteiger partial charge in [-0.3, -0.25) is 9.69 Å². The van der Waals surface area contributed by atoms with Crippen LogP contribution in [0.3, 0.4) is 0 Å². The summed E-state index contributed by atoms with van der Waals surface area (Å²) in [5, 5.41) is 12.0. The summed E-state index contributed by atoms with van der Waals surface area (Å²) in [6, 6.07) is 6.33. The highest BCUT2D eigenvalue weighted by atomic mass is 16.5. The molecule has 2 saturated heterocycles. The summed E-state index contributed by atoms with van der Waals surface area (Å²) in [6.45, 7) is 5.65. The lowest BCUT2D eigenvalue weighted by Crippen LogP contribution is -2.56. The van der Waals surface area contributed by atoms with Crippen LogP contribution in [0.1, 0.15) is 43.0 Å². The average molecular weight is 499 g/mol. The lowest BCUT2D eigenvalue weighted by Gasteiger charge is -2.51. The quantitative estimate of drug-likeness (QED) is 0.660. The van der Waals surface area contributed by atoms with Gasteiger partial charge in [-0.25, -0.2) is 0 Å². The molecule has 0 unspecified atom stereocenters. The van der Waals surface area contributed by atoms with Gasteiger partial charge in [-0.2, -0.15) is 0 Å². The molecule has 5 rings (SSSR count). The first-order chi connectivity index (χ1) is 17.4. The van der Waals surface area contributed by atoms with Crippen molar-refractivity contribution < 1.29 is 19.4 Å². The fourth-order valence-electron chi connectivity index (χ4n) is 6.88. The summed E-state index contributed by atoms with van der Waals surface area (Å²) in [4.78, 5) is 19.4. The van der Waals surface area contributed by atoms with Gasteiger partial charge in [0.15, 0.2) is 0 Å². The van der Waals surface area contributed by atoms with Crippen LogP contribution in [0, 0.1) is 5.92 Å². The zero-order valence-corrected chi connectivity index (χ0v) is 22.3. The molecule has 1 atom stereocenters. The molecule has 4 heterocycles. The molecule has 1 aromatic carbocycles. The van der Waals surface area contributed by atoms with Crippen molar-refractivity contribution in [3.05, 3.63) is 29.5 Å². The molecule has 1 spiro atoms. The number of ether oxygens (including phenoxy) is 2. The van der Waals surface area contributed by atoms with E-state index < -0.39 is 0 Å². The van der Waals surface area contributed by atoms with Crippen molar-refractivity contribution in [2.45, 2.75) is 37.1 Å². The molecule has 1 N–H and O–H groups in total. The average Bonchev–Trinajstić information content (AvgIpc) is 3.17.